The first kappa shape index (κ1) is 16.3. The van der Waals surface area contributed by atoms with E-state index in [1.807, 2.05) is 12.1 Å². The Morgan fingerprint density at radius 1 is 1.14 bits per heavy atom. The van der Waals surface area contributed by atoms with Gasteiger partial charge in [-0.15, -0.1) is 0 Å². The van der Waals surface area contributed by atoms with Gasteiger partial charge in [0.1, 0.15) is 0 Å². The van der Waals surface area contributed by atoms with Gasteiger partial charge in [-0.2, -0.15) is 0 Å². The highest BCUT2D eigenvalue weighted by Gasteiger charge is 2.32. The van der Waals surface area contributed by atoms with Crippen molar-refractivity contribution in [3.05, 3.63) is 35.4 Å². The highest BCUT2D eigenvalue weighted by molar-refractivity contribution is 5.98. The van der Waals surface area contributed by atoms with Crippen molar-refractivity contribution in [2.45, 2.75) is 66.2 Å². The summed E-state index contributed by atoms with van der Waals surface area (Å²) in [6.45, 7) is 9.17. The monoisotopic (exact) mass is 286 g/mol. The van der Waals surface area contributed by atoms with E-state index >= 15 is 0 Å². The first-order valence-corrected chi connectivity index (χ1v) is 8.55. The second kappa shape index (κ2) is 6.77. The lowest BCUT2D eigenvalue weighted by Gasteiger charge is -2.36. The number of hydrogen-bond acceptors (Lipinski definition) is 1. The number of Topliss-reactive ketones (excluding diaryl/α,β-unsaturated/α-hetero) is 1. The van der Waals surface area contributed by atoms with Crippen LogP contribution in [0.1, 0.15) is 75.7 Å². The molecule has 0 aromatic heterocycles. The zero-order valence-corrected chi connectivity index (χ0v) is 14.1. The quantitative estimate of drug-likeness (QED) is 0.651. The molecule has 0 spiro atoms. The first-order chi connectivity index (χ1) is 9.91. The Morgan fingerprint density at radius 2 is 1.81 bits per heavy atom. The van der Waals surface area contributed by atoms with Crippen LogP contribution in [0.15, 0.2) is 24.3 Å². The van der Waals surface area contributed by atoms with Gasteiger partial charge in [0.25, 0.3) is 0 Å². The maximum Gasteiger partial charge on any atom is 0.165 e. The average molecular weight is 286 g/mol. The van der Waals surface area contributed by atoms with E-state index in [0.29, 0.717) is 11.2 Å². The number of hydrogen-bond donors (Lipinski definition) is 0. The normalized spacial score (nSPS) is 23.0. The second-order valence-electron chi connectivity index (χ2n) is 7.73. The molecule has 1 aromatic carbocycles. The molecule has 1 aliphatic rings. The third kappa shape index (κ3) is 4.18. The molecule has 1 nitrogen and oxygen atoms in total. The lowest BCUT2D eigenvalue weighted by Crippen LogP contribution is -2.28. The van der Waals surface area contributed by atoms with Crippen LogP contribution < -0.4 is 0 Å². The molecule has 1 heteroatoms. The molecule has 1 saturated carbocycles. The van der Waals surface area contributed by atoms with E-state index in [1.54, 1.807) is 0 Å². The summed E-state index contributed by atoms with van der Waals surface area (Å²) in [7, 11) is 0. The van der Waals surface area contributed by atoms with Crippen molar-refractivity contribution in [2.24, 2.45) is 17.3 Å². The van der Waals surface area contributed by atoms with Crippen LogP contribution in [-0.2, 0) is 6.42 Å². The molecule has 1 aliphatic carbocycles. The predicted molar refractivity (Wildman–Crippen MR) is 89.7 cm³/mol. The second-order valence-corrected chi connectivity index (χ2v) is 7.73. The molecule has 0 aliphatic heterocycles. The van der Waals surface area contributed by atoms with Crippen LogP contribution in [0.2, 0.25) is 0 Å². The lowest BCUT2D eigenvalue weighted by atomic mass is 9.68. The van der Waals surface area contributed by atoms with Crippen LogP contribution in [0.5, 0.6) is 0 Å². The Balaban J connectivity index is 2.00. The van der Waals surface area contributed by atoms with Crippen molar-refractivity contribution in [3.63, 3.8) is 0 Å². The van der Waals surface area contributed by atoms with Crippen LogP contribution >= 0.6 is 0 Å². The summed E-state index contributed by atoms with van der Waals surface area (Å²) in [6.07, 6.45) is 6.74. The predicted octanol–water partition coefficient (Wildman–Crippen LogP) is 5.67. The summed E-state index contributed by atoms with van der Waals surface area (Å²) >= 11 is 0. The number of carbonyl (C=O) groups excluding carboxylic acids is 1. The van der Waals surface area contributed by atoms with E-state index in [2.05, 4.69) is 39.8 Å². The fourth-order valence-corrected chi connectivity index (χ4v) is 3.63. The molecule has 2 rings (SSSR count). The van der Waals surface area contributed by atoms with Gasteiger partial charge < -0.3 is 0 Å². The third-order valence-corrected chi connectivity index (χ3v) is 5.07. The highest BCUT2D eigenvalue weighted by atomic mass is 16.1. The molecule has 0 N–H and O–H groups in total. The topological polar surface area (TPSA) is 17.1 Å². The smallest absolute Gasteiger partial charge is 0.165 e. The molecule has 0 heterocycles. The van der Waals surface area contributed by atoms with Crippen molar-refractivity contribution in [3.8, 4) is 0 Å². The van der Waals surface area contributed by atoms with Crippen molar-refractivity contribution < 1.29 is 4.79 Å². The van der Waals surface area contributed by atoms with E-state index in [4.69, 9.17) is 0 Å². The minimum atomic E-state index is 0.250. The lowest BCUT2D eigenvalue weighted by molar-refractivity contribution is 0.0819. The van der Waals surface area contributed by atoms with Gasteiger partial charge >= 0.3 is 0 Å². The van der Waals surface area contributed by atoms with Crippen LogP contribution in [-0.4, -0.2) is 5.78 Å². The van der Waals surface area contributed by atoms with E-state index in [9.17, 15) is 4.79 Å². The van der Waals surface area contributed by atoms with Crippen molar-refractivity contribution in [1.29, 1.82) is 0 Å². The summed E-state index contributed by atoms with van der Waals surface area (Å²) in [5.41, 5.74) is 2.61. The van der Waals surface area contributed by atoms with Crippen LogP contribution in [0.3, 0.4) is 0 Å². The summed E-state index contributed by atoms with van der Waals surface area (Å²) in [6, 6.07) is 8.29. The van der Waals surface area contributed by atoms with E-state index < -0.39 is 0 Å². The number of carbonyl (C=O) groups is 1. The van der Waals surface area contributed by atoms with Crippen molar-refractivity contribution in [2.75, 3.05) is 0 Å². The fourth-order valence-electron chi connectivity index (χ4n) is 3.63. The number of ketones is 1. The Morgan fingerprint density at radius 3 is 2.38 bits per heavy atom. The van der Waals surface area contributed by atoms with Crippen molar-refractivity contribution >= 4 is 5.78 Å². The van der Waals surface area contributed by atoms with E-state index in [1.165, 1.54) is 18.4 Å². The van der Waals surface area contributed by atoms with E-state index in [0.717, 1.165) is 37.2 Å². The molecular formula is C20H30O. The third-order valence-electron chi connectivity index (χ3n) is 5.07. The van der Waals surface area contributed by atoms with Crippen molar-refractivity contribution in [1.82, 2.24) is 0 Å². The summed E-state index contributed by atoms with van der Waals surface area (Å²) in [5.74, 6) is 1.40. The minimum absolute atomic E-state index is 0.250. The van der Waals surface area contributed by atoms with Gasteiger partial charge in [-0.3, -0.25) is 4.79 Å². The SMILES string of the molecule is CCCc1cccc(C(=O)C2CCC(C(C)(C)C)CC2)c1. The molecule has 1 fully saturated rings. The zero-order chi connectivity index (χ0) is 15.5. The molecule has 21 heavy (non-hydrogen) atoms. The zero-order valence-electron chi connectivity index (χ0n) is 14.1. The molecule has 0 unspecified atom stereocenters. The summed E-state index contributed by atoms with van der Waals surface area (Å²) < 4.78 is 0. The van der Waals surface area contributed by atoms with Gasteiger partial charge in [0.2, 0.25) is 0 Å². The maximum absolute atomic E-state index is 12.7. The van der Waals surface area contributed by atoms with Crippen LogP contribution in [0, 0.1) is 17.3 Å². The van der Waals surface area contributed by atoms with Gasteiger partial charge in [0, 0.05) is 11.5 Å². The highest BCUT2D eigenvalue weighted by Crippen LogP contribution is 2.40. The van der Waals surface area contributed by atoms with E-state index in [-0.39, 0.29) is 5.92 Å². The van der Waals surface area contributed by atoms with Gasteiger partial charge in [0.05, 0.1) is 0 Å². The van der Waals surface area contributed by atoms with Crippen LogP contribution in [0.4, 0.5) is 0 Å². The minimum Gasteiger partial charge on any atom is -0.294 e. The molecule has 1 aromatic rings. The summed E-state index contributed by atoms with van der Waals surface area (Å²) in [4.78, 5) is 12.7. The number of rotatable bonds is 4. The van der Waals surface area contributed by atoms with Crippen LogP contribution in [0.25, 0.3) is 0 Å². The van der Waals surface area contributed by atoms with Gasteiger partial charge in [-0.1, -0.05) is 52.3 Å². The van der Waals surface area contributed by atoms with Gasteiger partial charge in [-0.25, -0.2) is 0 Å². The molecule has 0 atom stereocenters. The largest absolute Gasteiger partial charge is 0.294 e. The molecule has 0 radical (unpaired) electrons. The van der Waals surface area contributed by atoms with Gasteiger partial charge in [0.15, 0.2) is 5.78 Å². The Bertz CT molecular complexity index is 473. The molecular weight excluding hydrogens is 256 g/mol. The first-order valence-electron chi connectivity index (χ1n) is 8.55. The maximum atomic E-state index is 12.7. The average Bonchev–Trinajstić information content (AvgIpc) is 2.46. The number of benzene rings is 1. The Kier molecular flexibility index (Phi) is 5.24. The Labute approximate surface area is 130 Å². The van der Waals surface area contributed by atoms with Gasteiger partial charge in [-0.05, 0) is 55.1 Å². The molecule has 0 amide bonds. The Hall–Kier alpha value is -1.11. The molecule has 0 bridgehead atoms. The standard InChI is InChI=1S/C20H30O/c1-5-7-15-8-6-9-17(14-15)19(21)16-10-12-18(13-11-16)20(2,3)4/h6,8-9,14,16,18H,5,7,10-13H2,1-4H3. The number of aryl methyl sites for hydroxylation is 1. The molecule has 116 valence electrons. The fraction of sp³-hybridized carbons (Fsp3) is 0.650. The summed E-state index contributed by atoms with van der Waals surface area (Å²) in [5, 5.41) is 0. The molecule has 0 saturated heterocycles.